The Morgan fingerprint density at radius 1 is 1.24 bits per heavy atom. The SMILES string of the molecule is COCCNC(=NCc1ccc(C)c(F)c1)NCCc1ccco1.I. The normalized spacial score (nSPS) is 11.1. The van der Waals surface area contributed by atoms with E-state index in [2.05, 4.69) is 15.6 Å². The zero-order valence-electron chi connectivity index (χ0n) is 14.5. The maximum Gasteiger partial charge on any atom is 0.191 e. The molecule has 1 aromatic carbocycles. The Morgan fingerprint density at radius 3 is 2.72 bits per heavy atom. The summed E-state index contributed by atoms with van der Waals surface area (Å²) in [5.41, 5.74) is 1.47. The molecule has 2 aromatic rings. The number of hydrogen-bond donors (Lipinski definition) is 2. The smallest absolute Gasteiger partial charge is 0.191 e. The number of guanidine groups is 1. The zero-order chi connectivity index (χ0) is 17.2. The Kier molecular flexibility index (Phi) is 10.2. The predicted molar refractivity (Wildman–Crippen MR) is 108 cm³/mol. The third-order valence-corrected chi connectivity index (χ3v) is 3.50. The molecule has 0 amide bonds. The number of halogens is 2. The summed E-state index contributed by atoms with van der Waals surface area (Å²) < 4.78 is 23.9. The van der Waals surface area contributed by atoms with Crippen molar-refractivity contribution in [2.75, 3.05) is 26.8 Å². The molecule has 0 spiro atoms. The van der Waals surface area contributed by atoms with Gasteiger partial charge in [0.1, 0.15) is 11.6 Å². The summed E-state index contributed by atoms with van der Waals surface area (Å²) in [6, 6.07) is 8.98. The van der Waals surface area contributed by atoms with Crippen LogP contribution in [0.2, 0.25) is 0 Å². The second-order valence-corrected chi connectivity index (χ2v) is 5.42. The minimum Gasteiger partial charge on any atom is -0.469 e. The zero-order valence-corrected chi connectivity index (χ0v) is 16.9. The van der Waals surface area contributed by atoms with Crippen molar-refractivity contribution in [2.24, 2.45) is 4.99 Å². The summed E-state index contributed by atoms with van der Waals surface area (Å²) in [4.78, 5) is 4.50. The molecule has 138 valence electrons. The van der Waals surface area contributed by atoms with Crippen LogP contribution >= 0.6 is 24.0 Å². The maximum absolute atomic E-state index is 13.6. The molecule has 1 heterocycles. The van der Waals surface area contributed by atoms with Gasteiger partial charge in [-0.3, -0.25) is 0 Å². The van der Waals surface area contributed by atoms with Crippen molar-refractivity contribution in [3.63, 3.8) is 0 Å². The van der Waals surface area contributed by atoms with Crippen LogP contribution in [0.5, 0.6) is 0 Å². The van der Waals surface area contributed by atoms with Crippen LogP contribution in [-0.2, 0) is 17.7 Å². The number of nitrogens with one attached hydrogen (secondary N) is 2. The van der Waals surface area contributed by atoms with Crippen LogP contribution in [0, 0.1) is 12.7 Å². The Bertz CT molecular complexity index is 648. The van der Waals surface area contributed by atoms with E-state index in [-0.39, 0.29) is 29.8 Å². The number of nitrogens with zero attached hydrogens (tertiary/aromatic N) is 1. The third kappa shape index (κ3) is 7.87. The van der Waals surface area contributed by atoms with Gasteiger partial charge in [-0.25, -0.2) is 9.38 Å². The Hall–Kier alpha value is -1.61. The van der Waals surface area contributed by atoms with E-state index in [1.54, 1.807) is 26.4 Å². The Balaban J connectivity index is 0.00000312. The molecule has 5 nitrogen and oxygen atoms in total. The third-order valence-electron chi connectivity index (χ3n) is 3.50. The van der Waals surface area contributed by atoms with E-state index in [0.29, 0.717) is 37.8 Å². The van der Waals surface area contributed by atoms with Crippen LogP contribution in [0.1, 0.15) is 16.9 Å². The molecular formula is C18H25FIN3O2. The first-order chi connectivity index (χ1) is 11.7. The van der Waals surface area contributed by atoms with Gasteiger partial charge in [-0.2, -0.15) is 0 Å². The first-order valence-corrected chi connectivity index (χ1v) is 7.97. The van der Waals surface area contributed by atoms with Crippen molar-refractivity contribution in [1.82, 2.24) is 10.6 Å². The molecule has 0 bridgehead atoms. The van der Waals surface area contributed by atoms with Crippen LogP contribution in [-0.4, -0.2) is 32.8 Å². The van der Waals surface area contributed by atoms with Gasteiger partial charge in [-0.1, -0.05) is 12.1 Å². The van der Waals surface area contributed by atoms with Crippen LogP contribution in [0.3, 0.4) is 0 Å². The molecule has 0 aliphatic heterocycles. The van der Waals surface area contributed by atoms with E-state index in [9.17, 15) is 4.39 Å². The highest BCUT2D eigenvalue weighted by Crippen LogP contribution is 2.10. The summed E-state index contributed by atoms with van der Waals surface area (Å²) in [5, 5.41) is 6.43. The number of hydrogen-bond acceptors (Lipinski definition) is 3. The monoisotopic (exact) mass is 461 g/mol. The molecule has 0 saturated carbocycles. The van der Waals surface area contributed by atoms with Gasteiger partial charge in [-0.05, 0) is 36.2 Å². The lowest BCUT2D eigenvalue weighted by Gasteiger charge is -2.12. The van der Waals surface area contributed by atoms with E-state index >= 15 is 0 Å². The lowest BCUT2D eigenvalue weighted by molar-refractivity contribution is 0.203. The standard InChI is InChI=1S/C18H24FN3O2.HI/c1-14-5-6-15(12-17(14)19)13-22-18(21-9-11-23-2)20-8-7-16-4-3-10-24-16;/h3-6,10,12H,7-9,11,13H2,1-2H3,(H2,20,21,22);1H. The number of rotatable bonds is 8. The van der Waals surface area contributed by atoms with Gasteiger partial charge in [0.2, 0.25) is 0 Å². The molecule has 7 heteroatoms. The predicted octanol–water partition coefficient (Wildman–Crippen LogP) is 3.27. The molecule has 25 heavy (non-hydrogen) atoms. The quantitative estimate of drug-likeness (QED) is 0.274. The van der Waals surface area contributed by atoms with E-state index in [1.807, 2.05) is 18.2 Å². The van der Waals surface area contributed by atoms with E-state index in [1.165, 1.54) is 6.07 Å². The lowest BCUT2D eigenvalue weighted by Crippen LogP contribution is -2.40. The second kappa shape index (κ2) is 11.9. The van der Waals surface area contributed by atoms with Gasteiger partial charge in [-0.15, -0.1) is 24.0 Å². The molecule has 0 atom stereocenters. The fourth-order valence-electron chi connectivity index (χ4n) is 2.11. The molecule has 0 saturated heterocycles. The van der Waals surface area contributed by atoms with E-state index in [4.69, 9.17) is 9.15 Å². The van der Waals surface area contributed by atoms with Crippen molar-refractivity contribution < 1.29 is 13.5 Å². The highest BCUT2D eigenvalue weighted by molar-refractivity contribution is 14.0. The van der Waals surface area contributed by atoms with Crippen molar-refractivity contribution in [2.45, 2.75) is 19.9 Å². The molecule has 0 radical (unpaired) electrons. The van der Waals surface area contributed by atoms with Gasteiger partial charge in [0.05, 0.1) is 19.4 Å². The van der Waals surface area contributed by atoms with E-state index < -0.39 is 0 Å². The highest BCUT2D eigenvalue weighted by atomic mass is 127. The summed E-state index contributed by atoms with van der Waals surface area (Å²) in [6.07, 6.45) is 2.42. The fourth-order valence-corrected chi connectivity index (χ4v) is 2.11. The van der Waals surface area contributed by atoms with Crippen molar-refractivity contribution in [3.05, 3.63) is 59.3 Å². The molecule has 2 N–H and O–H groups in total. The van der Waals surface area contributed by atoms with Crippen LogP contribution in [0.4, 0.5) is 4.39 Å². The number of benzene rings is 1. The summed E-state index contributed by atoms with van der Waals surface area (Å²) >= 11 is 0. The highest BCUT2D eigenvalue weighted by Gasteiger charge is 2.02. The molecule has 0 aliphatic carbocycles. The lowest BCUT2D eigenvalue weighted by atomic mass is 10.1. The van der Waals surface area contributed by atoms with Crippen molar-refractivity contribution in [1.29, 1.82) is 0 Å². The minimum absolute atomic E-state index is 0. The molecule has 0 unspecified atom stereocenters. The average Bonchev–Trinajstić information content (AvgIpc) is 3.09. The Labute approximate surface area is 165 Å². The Morgan fingerprint density at radius 2 is 2.04 bits per heavy atom. The van der Waals surface area contributed by atoms with Gasteiger partial charge in [0.15, 0.2) is 5.96 Å². The van der Waals surface area contributed by atoms with Gasteiger partial charge >= 0.3 is 0 Å². The summed E-state index contributed by atoms with van der Waals surface area (Å²) in [7, 11) is 1.65. The number of aliphatic imine (C=N–C) groups is 1. The average molecular weight is 461 g/mol. The molecule has 0 fully saturated rings. The topological polar surface area (TPSA) is 58.8 Å². The van der Waals surface area contributed by atoms with Crippen LogP contribution in [0.25, 0.3) is 0 Å². The number of furan rings is 1. The van der Waals surface area contributed by atoms with Crippen LogP contribution in [0.15, 0.2) is 46.0 Å². The largest absolute Gasteiger partial charge is 0.469 e. The second-order valence-electron chi connectivity index (χ2n) is 5.42. The van der Waals surface area contributed by atoms with Gasteiger partial charge < -0.3 is 19.8 Å². The number of methoxy groups -OCH3 is 1. The van der Waals surface area contributed by atoms with E-state index in [0.717, 1.165) is 17.7 Å². The number of aryl methyl sites for hydroxylation is 1. The summed E-state index contributed by atoms with van der Waals surface area (Å²) in [5.74, 6) is 1.38. The maximum atomic E-state index is 13.6. The first-order valence-electron chi connectivity index (χ1n) is 7.97. The molecule has 0 aliphatic rings. The first kappa shape index (κ1) is 21.4. The molecule has 2 rings (SSSR count). The van der Waals surface area contributed by atoms with Gasteiger partial charge in [0.25, 0.3) is 0 Å². The fraction of sp³-hybridized carbons (Fsp3) is 0.389. The van der Waals surface area contributed by atoms with Crippen molar-refractivity contribution in [3.8, 4) is 0 Å². The van der Waals surface area contributed by atoms with Crippen molar-refractivity contribution >= 4 is 29.9 Å². The minimum atomic E-state index is -0.206. The molecular weight excluding hydrogens is 436 g/mol. The molecule has 1 aromatic heterocycles. The number of ether oxygens (including phenoxy) is 1. The summed E-state index contributed by atoms with van der Waals surface area (Å²) in [6.45, 7) is 4.06. The van der Waals surface area contributed by atoms with Crippen LogP contribution < -0.4 is 10.6 Å². The van der Waals surface area contributed by atoms with Gasteiger partial charge in [0, 0.05) is 26.6 Å².